The summed E-state index contributed by atoms with van der Waals surface area (Å²) in [6.45, 7) is 35.8. The molecule has 6 fully saturated rings. The molecule has 10 aromatic heterocycles. The molecule has 6 aliphatic heterocycles. The van der Waals surface area contributed by atoms with Crippen molar-refractivity contribution in [1.29, 1.82) is 0 Å². The number of anilines is 5. The van der Waals surface area contributed by atoms with Crippen LogP contribution in [-0.2, 0) is 4.74 Å². The monoisotopic (exact) mass is 2000 g/mol. The molecule has 0 saturated carbocycles. The van der Waals surface area contributed by atoms with E-state index in [1.165, 1.54) is 0 Å². The molecule has 20 aromatic rings. The number of hydrogen-bond donors (Lipinski definition) is 2. The summed E-state index contributed by atoms with van der Waals surface area (Å²) in [6, 6.07) is 71.4. The Kier molecular flexibility index (Phi) is 26.9. The van der Waals surface area contributed by atoms with E-state index in [1.54, 1.807) is 56.7 Å². The van der Waals surface area contributed by atoms with Gasteiger partial charge in [0.25, 0.3) is 0 Å². The van der Waals surface area contributed by atoms with Crippen molar-refractivity contribution in [1.82, 2.24) is 50.3 Å². The molecule has 0 aliphatic carbocycles. The molecule has 0 unspecified atom stereocenters. The van der Waals surface area contributed by atoms with Crippen molar-refractivity contribution >= 4 is 190 Å². The summed E-state index contributed by atoms with van der Waals surface area (Å²) in [5.41, 5.74) is 13.3. The van der Waals surface area contributed by atoms with Crippen molar-refractivity contribution < 1.29 is 26.8 Å². The van der Waals surface area contributed by atoms with Crippen LogP contribution in [0, 0.1) is 34.6 Å². The summed E-state index contributed by atoms with van der Waals surface area (Å²) in [7, 11) is 2.14. The molecular weight excluding hydrogens is 1890 g/mol. The van der Waals surface area contributed by atoms with E-state index in [4.69, 9.17) is 26.8 Å². The van der Waals surface area contributed by atoms with Gasteiger partial charge in [0.15, 0.2) is 0 Å². The van der Waals surface area contributed by atoms with Crippen molar-refractivity contribution in [2.24, 2.45) is 0 Å². The smallest absolute Gasteiger partial charge is 0.344 e. The third-order valence-electron chi connectivity index (χ3n) is 27.7. The van der Waals surface area contributed by atoms with Crippen LogP contribution in [0.25, 0.3) is 162 Å². The zero-order valence-corrected chi connectivity index (χ0v) is 84.8. The van der Waals surface area contributed by atoms with E-state index in [0.29, 0.717) is 67.8 Å². The first-order valence-electron chi connectivity index (χ1n) is 48.7. The summed E-state index contributed by atoms with van der Waals surface area (Å²) in [5.74, 6) is 2.96. The second kappa shape index (κ2) is 40.7. The minimum Gasteiger partial charge on any atom is -0.422 e. The molecule has 16 heterocycles. The number of rotatable bonds is 12. The first-order chi connectivity index (χ1) is 69.5. The van der Waals surface area contributed by atoms with Gasteiger partial charge in [-0.25, -0.2) is 48.9 Å². The average molecular weight is 2000 g/mol. The van der Waals surface area contributed by atoms with Gasteiger partial charge >= 0.3 is 28.1 Å². The van der Waals surface area contributed by atoms with Gasteiger partial charge in [0.2, 0.25) is 0 Å². The molecule has 0 radical (unpaired) electrons. The van der Waals surface area contributed by atoms with E-state index in [-0.39, 0.29) is 28.1 Å². The zero-order chi connectivity index (χ0) is 97.8. The molecule has 6 saturated heterocycles. The highest BCUT2D eigenvalue weighted by Gasteiger charge is 2.31. The van der Waals surface area contributed by atoms with Gasteiger partial charge in [0.1, 0.15) is 28.8 Å². The minimum absolute atomic E-state index is 0.286. The molecule has 0 atom stereocenters. The van der Waals surface area contributed by atoms with Crippen LogP contribution in [-0.4, -0.2) is 203 Å². The number of thiazole rings is 5. The SMILES string of the molecule is Cc1nc2cc(-c3cc4ccc(N5CCNCC5)cc4c(=O)o3)ccc2s1.Cc1nc2ccc(-c3cc4ccc(N5CCN(C(C)C)CC5)cc4c(=O)o3)cc2s1.Cc1nc2ccc(-c3cc4ccc(N5CCN(C)CC5)cc4c(=O)o3)cc2s1.Cc1nc2ccc(-c3cc4ccc(N5CCN(C6COC6)CC5)cc4c(=O)o3)cc2s1.Cc1nc2ccc(-c3cc4ccc(N5CCNCC5)cc4c(=O)o3)cc2s1. The van der Waals surface area contributed by atoms with Gasteiger partial charge in [-0.15, -0.1) is 56.7 Å². The highest BCUT2D eigenvalue weighted by molar-refractivity contribution is 7.19. The van der Waals surface area contributed by atoms with Crippen molar-refractivity contribution in [3.63, 3.8) is 0 Å². The van der Waals surface area contributed by atoms with Crippen molar-refractivity contribution in [3.8, 4) is 56.6 Å². The molecule has 26 nitrogen and oxygen atoms in total. The predicted molar refractivity (Wildman–Crippen MR) is 586 cm³/mol. The maximum absolute atomic E-state index is 12.8. The number of aromatic nitrogens is 5. The highest BCUT2D eigenvalue weighted by Crippen LogP contribution is 2.39. The van der Waals surface area contributed by atoms with Crippen molar-refractivity contribution in [3.05, 3.63) is 289 Å². The summed E-state index contributed by atoms with van der Waals surface area (Å²) in [6.07, 6.45) is 0. The summed E-state index contributed by atoms with van der Waals surface area (Å²) in [5, 5.41) is 19.5. The predicted octanol–water partition coefficient (Wildman–Crippen LogP) is 20.5. The topological polar surface area (TPSA) is 275 Å². The second-order valence-corrected chi connectivity index (χ2v) is 43.7. The number of aryl methyl sites for hydroxylation is 5. The van der Waals surface area contributed by atoms with E-state index in [2.05, 4.69) is 126 Å². The largest absolute Gasteiger partial charge is 0.422 e. The minimum atomic E-state index is -0.297. The molecular formula is C112H107N15O11S5. The number of ether oxygens (including phenoxy) is 1. The maximum Gasteiger partial charge on any atom is 0.344 e. The van der Waals surface area contributed by atoms with Gasteiger partial charge in [-0.1, -0.05) is 30.3 Å². The molecule has 2 N–H and O–H groups in total. The van der Waals surface area contributed by atoms with Crippen LogP contribution in [0.1, 0.15) is 38.9 Å². The summed E-state index contributed by atoms with van der Waals surface area (Å²) >= 11 is 8.25. The molecule has 726 valence electrons. The molecule has 6 aliphatic rings. The normalized spacial score (nSPS) is 15.9. The molecule has 26 rings (SSSR count). The number of nitrogens with zero attached hydrogens (tertiary/aromatic N) is 13. The van der Waals surface area contributed by atoms with Gasteiger partial charge in [0.05, 0.1) is 122 Å². The molecule has 10 aromatic carbocycles. The van der Waals surface area contributed by atoms with Crippen molar-refractivity contribution in [2.75, 3.05) is 176 Å². The number of benzene rings is 10. The maximum atomic E-state index is 12.8. The lowest BCUT2D eigenvalue weighted by Gasteiger charge is -2.43. The summed E-state index contributed by atoms with van der Waals surface area (Å²) < 4.78 is 39.3. The number of piperazine rings is 5. The summed E-state index contributed by atoms with van der Waals surface area (Å²) in [4.78, 5) is 105. The Labute approximate surface area is 843 Å². The van der Waals surface area contributed by atoms with Crippen LogP contribution in [0.2, 0.25) is 0 Å². The molecule has 0 bridgehead atoms. The fraction of sp³-hybridized carbons (Fsp3) is 0.286. The van der Waals surface area contributed by atoms with E-state index in [1.807, 2.05) is 217 Å². The number of nitrogens with one attached hydrogen (secondary N) is 2. The zero-order valence-electron chi connectivity index (χ0n) is 80.8. The number of likely N-dealkylation sites (N-methyl/N-ethyl adjacent to an activating group) is 1. The third kappa shape index (κ3) is 20.5. The van der Waals surface area contributed by atoms with E-state index >= 15 is 0 Å². The lowest BCUT2D eigenvalue weighted by molar-refractivity contribution is -0.0660. The Hall–Kier alpha value is -13.5. The Morgan fingerprint density at radius 3 is 0.846 bits per heavy atom. The van der Waals surface area contributed by atoms with Gasteiger partial charge in [-0.3, -0.25) is 9.80 Å². The quantitative estimate of drug-likeness (QED) is 0.115. The first kappa shape index (κ1) is 94.4. The number of hydrogen-bond acceptors (Lipinski definition) is 31. The lowest BCUT2D eigenvalue weighted by Crippen LogP contribution is -2.56. The van der Waals surface area contributed by atoms with Gasteiger partial charge < -0.3 is 66.9 Å². The Balaban J connectivity index is 0.000000102. The Bertz CT molecular complexity index is 8360. The van der Waals surface area contributed by atoms with E-state index in [9.17, 15) is 24.0 Å². The second-order valence-electron chi connectivity index (χ2n) is 37.5. The van der Waals surface area contributed by atoms with E-state index in [0.717, 1.165) is 303 Å². The highest BCUT2D eigenvalue weighted by atomic mass is 32.1. The number of fused-ring (bicyclic) bond motifs is 10. The Morgan fingerprint density at radius 1 is 0.287 bits per heavy atom. The van der Waals surface area contributed by atoms with Gasteiger partial charge in [0, 0.05) is 193 Å². The van der Waals surface area contributed by atoms with Gasteiger partial charge in [-0.05, 0) is 264 Å². The standard InChI is InChI=1S/C24H23N3O3S.C24H25N3O2S.C22H21N3O2S.2C21H19N3O2S/c1-15-25-21-5-3-17(11-23(21)31-15)22-10-16-2-4-18(12-20(16)24(28)30-22)26-6-8-27(9-7-26)19-13-29-14-19;1-15(2)26-8-10-27(11-9-26)19-6-4-17-12-22(29-24(28)20(17)14-19)18-5-7-21-23(13-18)30-16(3)25-21;1-14-23-19-6-4-16(12-21(19)28-14)20-11-15-3-5-17(13-18(15)22(26)27-20)25-9-7-24(2)8-10-25;1-13-23-18-10-15(3-5-20(18)27-13)19-11-14-2-4-16(12-17(14)21(25)26-19)24-8-6-22-7-9-24;1-13-23-18-5-3-15(11-20(18)27-13)19-10-14-2-4-16(12-17(14)21(25)26-19)24-8-6-22-7-9-24/h2-5,10-12,19H,6-9,13-14H2,1H3;4-7,12-15H,8-11H2,1-3H3;3-6,11-13H,7-10H2,1-2H3;2*2-5,10-12,22H,6-9H2,1H3. The molecule has 0 amide bonds. The molecule has 143 heavy (non-hydrogen) atoms. The van der Waals surface area contributed by atoms with Crippen LogP contribution >= 0.6 is 56.7 Å². The van der Waals surface area contributed by atoms with Crippen molar-refractivity contribution in [2.45, 2.75) is 60.5 Å². The van der Waals surface area contributed by atoms with Gasteiger partial charge in [-0.2, -0.15) is 0 Å². The fourth-order valence-corrected chi connectivity index (χ4v) is 24.0. The molecule has 31 heteroatoms. The Morgan fingerprint density at radius 2 is 0.552 bits per heavy atom. The van der Waals surface area contributed by atoms with Crippen LogP contribution in [0.4, 0.5) is 28.4 Å². The first-order valence-corrected chi connectivity index (χ1v) is 52.8. The van der Waals surface area contributed by atoms with Crippen LogP contribution < -0.4 is 63.3 Å². The van der Waals surface area contributed by atoms with E-state index < -0.39 is 0 Å². The van der Waals surface area contributed by atoms with Crippen LogP contribution in [0.3, 0.4) is 0 Å². The third-order valence-corrected chi connectivity index (χ3v) is 32.4. The van der Waals surface area contributed by atoms with Crippen LogP contribution in [0.15, 0.2) is 258 Å². The average Bonchev–Trinajstić information content (AvgIpc) is 1.64. The fourth-order valence-electron chi connectivity index (χ4n) is 19.7. The van der Waals surface area contributed by atoms with Crippen LogP contribution in [0.5, 0.6) is 0 Å². The lowest BCUT2D eigenvalue weighted by atomic mass is 10.1. The molecule has 0 spiro atoms.